The number of aliphatic imine (C=N–C) groups is 1. The molecule has 32 heavy (non-hydrogen) atoms. The summed E-state index contributed by atoms with van der Waals surface area (Å²) in [7, 11) is 3.19. The van der Waals surface area contributed by atoms with Gasteiger partial charge >= 0.3 is 0 Å². The van der Waals surface area contributed by atoms with Gasteiger partial charge in [0.2, 0.25) is 0 Å². The van der Waals surface area contributed by atoms with Gasteiger partial charge in [0.05, 0.1) is 20.3 Å². The lowest BCUT2D eigenvalue weighted by molar-refractivity contribution is -0.110. The predicted molar refractivity (Wildman–Crippen MR) is 130 cm³/mol. The normalized spacial score (nSPS) is 20.0. The molecule has 0 aromatic heterocycles. The van der Waals surface area contributed by atoms with E-state index >= 15 is 0 Å². The van der Waals surface area contributed by atoms with Crippen molar-refractivity contribution in [1.82, 2.24) is 0 Å². The number of ketones is 1. The third-order valence-corrected chi connectivity index (χ3v) is 5.90. The molecular formula is C27H24ClNO3. The Labute approximate surface area is 193 Å². The monoisotopic (exact) mass is 445 g/mol. The molecule has 1 aliphatic heterocycles. The highest BCUT2D eigenvalue weighted by molar-refractivity contribution is 6.33. The fourth-order valence-corrected chi connectivity index (χ4v) is 4.34. The molecule has 4 rings (SSSR count). The molecule has 0 unspecified atom stereocenters. The number of dihydropyridines is 1. The average Bonchev–Trinajstić information content (AvgIpc) is 2.82. The second kappa shape index (κ2) is 9.41. The van der Waals surface area contributed by atoms with Crippen LogP contribution in [0.4, 0.5) is 0 Å². The number of nitrogens with zero attached hydrogens (tertiary/aromatic N) is 1. The third kappa shape index (κ3) is 4.32. The van der Waals surface area contributed by atoms with Crippen molar-refractivity contribution in [3.8, 4) is 11.5 Å². The summed E-state index contributed by atoms with van der Waals surface area (Å²) in [5.74, 6) is 1.11. The molecular weight excluding hydrogens is 422 g/mol. The number of fused-ring (bicyclic) bond motifs is 1. The number of hydrogen-bond acceptors (Lipinski definition) is 4. The number of hydrogen-bond donors (Lipinski definition) is 0. The van der Waals surface area contributed by atoms with E-state index in [0.717, 1.165) is 22.4 Å². The molecule has 2 aliphatic rings. The van der Waals surface area contributed by atoms with Crippen LogP contribution in [0.5, 0.6) is 11.5 Å². The van der Waals surface area contributed by atoms with Crippen LogP contribution in [0.3, 0.4) is 0 Å². The first kappa shape index (κ1) is 21.8. The van der Waals surface area contributed by atoms with Crippen LogP contribution >= 0.6 is 11.6 Å². The molecule has 1 aliphatic carbocycles. The van der Waals surface area contributed by atoms with Gasteiger partial charge in [-0.05, 0) is 48.4 Å². The second-order valence-electron chi connectivity index (χ2n) is 7.60. The Kier molecular flexibility index (Phi) is 6.42. The highest BCUT2D eigenvalue weighted by atomic mass is 35.5. The van der Waals surface area contributed by atoms with Crippen molar-refractivity contribution in [3.05, 3.63) is 94.6 Å². The Hall–Kier alpha value is -3.37. The van der Waals surface area contributed by atoms with Gasteiger partial charge in [0.25, 0.3) is 0 Å². The Balaban J connectivity index is 1.78. The van der Waals surface area contributed by atoms with Gasteiger partial charge in [-0.15, -0.1) is 0 Å². The fraction of sp³-hybridized carbons (Fsp3) is 0.185. The van der Waals surface area contributed by atoms with Gasteiger partial charge in [-0.25, -0.2) is 0 Å². The van der Waals surface area contributed by atoms with Gasteiger partial charge in [-0.2, -0.15) is 0 Å². The van der Waals surface area contributed by atoms with E-state index in [4.69, 9.17) is 26.1 Å². The molecule has 4 nitrogen and oxygen atoms in total. The largest absolute Gasteiger partial charge is 0.497 e. The third-order valence-electron chi connectivity index (χ3n) is 5.65. The smallest absolute Gasteiger partial charge is 0.187 e. The second-order valence-corrected chi connectivity index (χ2v) is 8.04. The predicted octanol–water partition coefficient (Wildman–Crippen LogP) is 5.89. The van der Waals surface area contributed by atoms with Crippen LogP contribution in [0.15, 0.2) is 88.4 Å². The minimum absolute atomic E-state index is 0.0742. The van der Waals surface area contributed by atoms with Gasteiger partial charge in [0.1, 0.15) is 11.5 Å². The van der Waals surface area contributed by atoms with Crippen LogP contribution in [-0.4, -0.2) is 31.8 Å². The van der Waals surface area contributed by atoms with E-state index in [1.54, 1.807) is 32.4 Å². The van der Waals surface area contributed by atoms with Crippen LogP contribution in [0.1, 0.15) is 18.1 Å². The lowest BCUT2D eigenvalue weighted by Crippen LogP contribution is -2.29. The summed E-state index contributed by atoms with van der Waals surface area (Å²) in [5, 5.41) is 0.653. The van der Waals surface area contributed by atoms with Crippen LogP contribution in [0.2, 0.25) is 0 Å². The number of carbonyl (C=O) groups is 1. The average molecular weight is 446 g/mol. The highest BCUT2D eigenvalue weighted by Gasteiger charge is 2.33. The number of allylic oxidation sites excluding steroid dienone is 4. The molecule has 0 saturated carbocycles. The van der Waals surface area contributed by atoms with Crippen molar-refractivity contribution < 1.29 is 14.3 Å². The van der Waals surface area contributed by atoms with Gasteiger partial charge in [0, 0.05) is 33.9 Å². The molecule has 162 valence electrons. The molecule has 1 heterocycles. The van der Waals surface area contributed by atoms with Crippen molar-refractivity contribution in [3.63, 3.8) is 0 Å². The van der Waals surface area contributed by atoms with Crippen molar-refractivity contribution >= 4 is 34.7 Å². The maximum Gasteiger partial charge on any atom is 0.187 e. The van der Waals surface area contributed by atoms with E-state index in [2.05, 4.69) is 0 Å². The van der Waals surface area contributed by atoms with E-state index in [-0.39, 0.29) is 17.7 Å². The summed E-state index contributed by atoms with van der Waals surface area (Å²) in [6.45, 7) is 1.89. The number of methoxy groups -OCH3 is 2. The van der Waals surface area contributed by atoms with E-state index < -0.39 is 0 Å². The molecule has 2 aromatic rings. The molecule has 0 saturated heterocycles. The summed E-state index contributed by atoms with van der Waals surface area (Å²) in [4.78, 5) is 18.3. The van der Waals surface area contributed by atoms with Gasteiger partial charge < -0.3 is 9.47 Å². The summed E-state index contributed by atoms with van der Waals surface area (Å²) < 4.78 is 10.7. The number of halogens is 1. The minimum Gasteiger partial charge on any atom is -0.497 e. The SMILES string of the molecule is COc1ccc(/C=C\C(=O)C2=C(c3ccccc3)[C@@H]3C=C(Cl)C=C[C@@H]3N=C2C)c(OC)c1. The van der Waals surface area contributed by atoms with Crippen molar-refractivity contribution in [2.45, 2.75) is 13.0 Å². The highest BCUT2D eigenvalue weighted by Crippen LogP contribution is 2.40. The zero-order valence-electron chi connectivity index (χ0n) is 18.2. The Bertz CT molecular complexity index is 1190. The van der Waals surface area contributed by atoms with Gasteiger partial charge in [-0.3, -0.25) is 9.79 Å². The molecule has 2 aromatic carbocycles. The van der Waals surface area contributed by atoms with Crippen LogP contribution in [0.25, 0.3) is 11.6 Å². The van der Waals surface area contributed by atoms with E-state index in [1.807, 2.05) is 67.6 Å². The summed E-state index contributed by atoms with van der Waals surface area (Å²) >= 11 is 6.33. The fourth-order valence-electron chi connectivity index (χ4n) is 4.13. The van der Waals surface area contributed by atoms with Crippen molar-refractivity contribution in [2.24, 2.45) is 10.9 Å². The van der Waals surface area contributed by atoms with Crippen LogP contribution in [0, 0.1) is 5.92 Å². The molecule has 0 radical (unpaired) electrons. The minimum atomic E-state index is -0.111. The van der Waals surface area contributed by atoms with E-state index in [9.17, 15) is 4.79 Å². The number of rotatable bonds is 6. The van der Waals surface area contributed by atoms with Gasteiger partial charge in [-0.1, -0.05) is 54.1 Å². The Morgan fingerprint density at radius 3 is 2.59 bits per heavy atom. The molecule has 5 heteroatoms. The molecule has 0 fully saturated rings. The first-order chi connectivity index (χ1) is 15.5. The summed E-state index contributed by atoms with van der Waals surface area (Å²) in [6.07, 6.45) is 9.18. The summed E-state index contributed by atoms with van der Waals surface area (Å²) in [6, 6.07) is 15.4. The Morgan fingerprint density at radius 1 is 1.09 bits per heavy atom. The van der Waals surface area contributed by atoms with Crippen LogP contribution < -0.4 is 9.47 Å². The first-order valence-corrected chi connectivity index (χ1v) is 10.7. The molecule has 0 bridgehead atoms. The Morgan fingerprint density at radius 2 is 1.88 bits per heavy atom. The van der Waals surface area contributed by atoms with E-state index in [1.165, 1.54) is 0 Å². The maximum atomic E-state index is 13.5. The summed E-state index contributed by atoms with van der Waals surface area (Å²) in [5.41, 5.74) is 4.05. The van der Waals surface area contributed by atoms with Crippen molar-refractivity contribution in [1.29, 1.82) is 0 Å². The molecule has 0 N–H and O–H groups in total. The zero-order chi connectivity index (χ0) is 22.7. The number of benzene rings is 2. The molecule has 2 atom stereocenters. The number of carbonyl (C=O) groups excluding carboxylic acids is 1. The zero-order valence-corrected chi connectivity index (χ0v) is 19.0. The quantitative estimate of drug-likeness (QED) is 0.521. The van der Waals surface area contributed by atoms with Crippen molar-refractivity contribution in [2.75, 3.05) is 14.2 Å². The lowest BCUT2D eigenvalue weighted by Gasteiger charge is -2.31. The van der Waals surface area contributed by atoms with Crippen LogP contribution in [-0.2, 0) is 4.79 Å². The van der Waals surface area contributed by atoms with E-state index in [0.29, 0.717) is 22.1 Å². The topological polar surface area (TPSA) is 47.9 Å². The first-order valence-electron chi connectivity index (χ1n) is 10.4. The van der Waals surface area contributed by atoms with Gasteiger partial charge in [0.15, 0.2) is 5.78 Å². The maximum absolute atomic E-state index is 13.5. The lowest BCUT2D eigenvalue weighted by atomic mass is 9.77. The standard InChI is InChI=1S/C27H24ClNO3/c1-17-26(24(30)14-10-18-9-12-21(31-2)16-25(18)32-3)27(19-7-5-4-6-8-19)22-15-20(28)11-13-23(22)29-17/h4-16,22-23H,1-3H3/b14-10-/t22-,23+/m1/s1. The number of ether oxygens (including phenoxy) is 2. The molecule has 0 spiro atoms. The molecule has 0 amide bonds.